The molecule has 3 rings (SSSR count). The van der Waals surface area contributed by atoms with Gasteiger partial charge in [-0.15, -0.1) is 0 Å². The van der Waals surface area contributed by atoms with Gasteiger partial charge in [0.1, 0.15) is 5.69 Å². The molecule has 0 saturated heterocycles. The number of rotatable bonds is 2. The number of anilines is 1. The summed E-state index contributed by atoms with van der Waals surface area (Å²) < 4.78 is 5.17. The summed E-state index contributed by atoms with van der Waals surface area (Å²) in [4.78, 5) is 12.3. The van der Waals surface area contributed by atoms with Gasteiger partial charge in [0.05, 0.1) is 22.5 Å². The van der Waals surface area contributed by atoms with Gasteiger partial charge in [0.25, 0.3) is 5.89 Å². The van der Waals surface area contributed by atoms with Gasteiger partial charge in [0, 0.05) is 12.4 Å². The highest BCUT2D eigenvalue weighted by Crippen LogP contribution is 2.25. The molecule has 94 valence electrons. The van der Waals surface area contributed by atoms with E-state index in [2.05, 4.69) is 20.1 Å². The molecule has 0 bridgehead atoms. The smallest absolute Gasteiger partial charge is 0.260 e. The third-order valence-corrected chi connectivity index (χ3v) is 2.69. The molecule has 0 aliphatic carbocycles. The predicted molar refractivity (Wildman–Crippen MR) is 70.2 cm³/mol. The van der Waals surface area contributed by atoms with Crippen LogP contribution in [-0.2, 0) is 0 Å². The number of aromatic nitrogens is 4. The normalized spacial score (nSPS) is 10.6. The second-order valence-electron chi connectivity index (χ2n) is 3.75. The highest BCUT2D eigenvalue weighted by molar-refractivity contribution is 6.30. The van der Waals surface area contributed by atoms with Crippen molar-refractivity contribution in [2.75, 3.05) is 5.73 Å². The van der Waals surface area contributed by atoms with Crippen LogP contribution >= 0.6 is 11.6 Å². The average molecular weight is 274 g/mol. The first kappa shape index (κ1) is 11.6. The first-order valence-electron chi connectivity index (χ1n) is 5.39. The molecule has 0 aromatic carbocycles. The lowest BCUT2D eigenvalue weighted by Crippen LogP contribution is -1.91. The second-order valence-corrected chi connectivity index (χ2v) is 4.18. The number of nitrogens with zero attached hydrogens (tertiary/aromatic N) is 4. The molecule has 0 atom stereocenters. The minimum Gasteiger partial charge on any atom is -0.397 e. The molecule has 2 N–H and O–H groups in total. The Balaban J connectivity index is 2.00. The Hall–Kier alpha value is -2.47. The molecule has 0 fully saturated rings. The van der Waals surface area contributed by atoms with Crippen molar-refractivity contribution in [1.82, 2.24) is 20.1 Å². The Labute approximate surface area is 113 Å². The summed E-state index contributed by atoms with van der Waals surface area (Å²) in [7, 11) is 0. The molecule has 3 aromatic rings. The van der Waals surface area contributed by atoms with Crippen LogP contribution in [0.1, 0.15) is 0 Å². The second kappa shape index (κ2) is 4.66. The van der Waals surface area contributed by atoms with Crippen molar-refractivity contribution in [3.8, 4) is 23.0 Å². The van der Waals surface area contributed by atoms with Crippen molar-refractivity contribution in [3.05, 3.63) is 41.8 Å². The molecule has 6 nitrogen and oxygen atoms in total. The maximum Gasteiger partial charge on any atom is 0.260 e. The quantitative estimate of drug-likeness (QED) is 0.771. The summed E-state index contributed by atoms with van der Waals surface area (Å²) in [6.45, 7) is 0. The zero-order valence-electron chi connectivity index (χ0n) is 9.62. The minimum atomic E-state index is 0.326. The summed E-state index contributed by atoms with van der Waals surface area (Å²) in [5.41, 5.74) is 7.49. The van der Waals surface area contributed by atoms with Gasteiger partial charge in [0.2, 0.25) is 5.82 Å². The molecule has 0 aliphatic rings. The van der Waals surface area contributed by atoms with E-state index in [1.54, 1.807) is 24.4 Å². The molecule has 0 unspecified atom stereocenters. The number of nitrogens with two attached hydrogens (primary N) is 1. The van der Waals surface area contributed by atoms with E-state index in [0.29, 0.717) is 33.7 Å². The summed E-state index contributed by atoms with van der Waals surface area (Å²) in [6, 6.07) is 5.13. The van der Waals surface area contributed by atoms with Gasteiger partial charge in [-0.3, -0.25) is 9.97 Å². The first-order valence-corrected chi connectivity index (χ1v) is 5.77. The van der Waals surface area contributed by atoms with Gasteiger partial charge in [-0.25, -0.2) is 0 Å². The van der Waals surface area contributed by atoms with Crippen LogP contribution in [-0.4, -0.2) is 20.1 Å². The summed E-state index contributed by atoms with van der Waals surface area (Å²) in [6.07, 6.45) is 4.66. The van der Waals surface area contributed by atoms with Gasteiger partial charge in [0.15, 0.2) is 0 Å². The summed E-state index contributed by atoms with van der Waals surface area (Å²) in [5, 5.41) is 4.41. The van der Waals surface area contributed by atoms with E-state index in [1.165, 1.54) is 12.4 Å². The van der Waals surface area contributed by atoms with Crippen LogP contribution in [0.25, 0.3) is 23.0 Å². The molecule has 0 saturated carbocycles. The van der Waals surface area contributed by atoms with Crippen molar-refractivity contribution in [2.24, 2.45) is 0 Å². The minimum absolute atomic E-state index is 0.326. The molecule has 0 radical (unpaired) electrons. The van der Waals surface area contributed by atoms with E-state index in [4.69, 9.17) is 21.9 Å². The number of hydrogen-bond donors (Lipinski definition) is 1. The molecule has 0 amide bonds. The Morgan fingerprint density at radius 1 is 1.16 bits per heavy atom. The molecule has 0 spiro atoms. The Morgan fingerprint density at radius 2 is 2.05 bits per heavy atom. The van der Waals surface area contributed by atoms with E-state index in [-0.39, 0.29) is 0 Å². The van der Waals surface area contributed by atoms with Gasteiger partial charge in [-0.1, -0.05) is 16.8 Å². The van der Waals surface area contributed by atoms with Crippen LogP contribution in [0.2, 0.25) is 5.02 Å². The Morgan fingerprint density at radius 3 is 2.79 bits per heavy atom. The highest BCUT2D eigenvalue weighted by atomic mass is 35.5. The van der Waals surface area contributed by atoms with Crippen molar-refractivity contribution in [2.45, 2.75) is 0 Å². The Kier molecular flexibility index (Phi) is 2.85. The van der Waals surface area contributed by atoms with E-state index in [9.17, 15) is 0 Å². The monoisotopic (exact) mass is 273 g/mol. The summed E-state index contributed by atoms with van der Waals surface area (Å²) >= 11 is 5.77. The lowest BCUT2D eigenvalue weighted by molar-refractivity contribution is 0.432. The third-order valence-electron chi connectivity index (χ3n) is 2.46. The average Bonchev–Trinajstić information content (AvgIpc) is 2.89. The predicted octanol–water partition coefficient (Wildman–Crippen LogP) is 2.43. The molecular weight excluding hydrogens is 266 g/mol. The fraction of sp³-hybridized carbons (Fsp3) is 0. The fourth-order valence-electron chi connectivity index (χ4n) is 1.55. The zero-order chi connectivity index (χ0) is 13.2. The maximum absolute atomic E-state index is 5.80. The van der Waals surface area contributed by atoms with Gasteiger partial charge < -0.3 is 10.3 Å². The fourth-order valence-corrected chi connectivity index (χ4v) is 1.66. The van der Waals surface area contributed by atoms with Crippen molar-refractivity contribution in [1.29, 1.82) is 0 Å². The molecular formula is C12H8ClN5O. The largest absolute Gasteiger partial charge is 0.397 e. The van der Waals surface area contributed by atoms with Crippen LogP contribution in [0.5, 0.6) is 0 Å². The lowest BCUT2D eigenvalue weighted by atomic mass is 10.2. The van der Waals surface area contributed by atoms with Gasteiger partial charge in [-0.2, -0.15) is 4.98 Å². The first-order chi connectivity index (χ1) is 9.24. The zero-order valence-corrected chi connectivity index (χ0v) is 10.4. The topological polar surface area (TPSA) is 90.7 Å². The Bertz CT molecular complexity index is 710. The van der Waals surface area contributed by atoms with Crippen molar-refractivity contribution in [3.63, 3.8) is 0 Å². The molecule has 3 heterocycles. The van der Waals surface area contributed by atoms with E-state index < -0.39 is 0 Å². The van der Waals surface area contributed by atoms with E-state index in [1.807, 2.05) is 0 Å². The maximum atomic E-state index is 5.80. The lowest BCUT2D eigenvalue weighted by Gasteiger charge is -1.97. The van der Waals surface area contributed by atoms with Crippen LogP contribution in [0.4, 0.5) is 5.69 Å². The summed E-state index contributed by atoms with van der Waals surface area (Å²) in [5.74, 6) is 0.703. The van der Waals surface area contributed by atoms with Crippen molar-refractivity contribution < 1.29 is 4.52 Å². The molecule has 7 heteroatoms. The number of halogens is 1. The molecule has 3 aromatic heterocycles. The van der Waals surface area contributed by atoms with Crippen LogP contribution in [0.15, 0.2) is 41.3 Å². The molecule has 0 aliphatic heterocycles. The van der Waals surface area contributed by atoms with Crippen LogP contribution < -0.4 is 5.73 Å². The van der Waals surface area contributed by atoms with Crippen LogP contribution in [0.3, 0.4) is 0 Å². The van der Waals surface area contributed by atoms with E-state index in [0.717, 1.165) is 0 Å². The third kappa shape index (κ3) is 2.25. The number of pyridine rings is 2. The van der Waals surface area contributed by atoms with Gasteiger partial charge in [-0.05, 0) is 18.2 Å². The highest BCUT2D eigenvalue weighted by Gasteiger charge is 2.13. The van der Waals surface area contributed by atoms with Crippen molar-refractivity contribution >= 4 is 17.3 Å². The number of hydrogen-bond acceptors (Lipinski definition) is 6. The van der Waals surface area contributed by atoms with E-state index >= 15 is 0 Å². The standard InChI is InChI=1S/C12H8ClN5O/c13-7-1-2-10(16-5-7)11-17-12(19-18-11)8-3-4-15-6-9(8)14/h1-6H,14H2. The van der Waals surface area contributed by atoms with Gasteiger partial charge >= 0.3 is 0 Å². The van der Waals surface area contributed by atoms with Crippen LogP contribution in [0, 0.1) is 0 Å². The number of nitrogen functional groups attached to an aromatic ring is 1. The molecule has 19 heavy (non-hydrogen) atoms. The SMILES string of the molecule is Nc1cnccc1-c1nc(-c2ccc(Cl)cn2)no1.